The van der Waals surface area contributed by atoms with Gasteiger partial charge in [0, 0.05) is 12.1 Å². The molecular weight excluding hydrogens is 358 g/mol. The highest BCUT2D eigenvalue weighted by Gasteiger charge is 2.20. The van der Waals surface area contributed by atoms with Gasteiger partial charge in [-0.05, 0) is 17.7 Å². The predicted molar refractivity (Wildman–Crippen MR) is 102 cm³/mol. The molecule has 0 unspecified atom stereocenters. The summed E-state index contributed by atoms with van der Waals surface area (Å²) in [7, 11) is 0. The smallest absolute Gasteiger partial charge is 0.308 e. The standard InChI is InChI=1S/C21H21N3O4/c22-12-7-13-23-19(25)15-28-20(26)14-18(16-8-3-1-4-9-16)24-21(27)17-10-5-2-6-11-17/h1-6,8-11,18H,7,13-15H2,(H,23,25)(H,24,27)/t18-/m1/s1. The van der Waals surface area contributed by atoms with Crippen molar-refractivity contribution in [3.8, 4) is 6.07 Å². The molecule has 0 spiro atoms. The van der Waals surface area contributed by atoms with Crippen molar-refractivity contribution in [1.29, 1.82) is 5.26 Å². The number of amides is 2. The largest absolute Gasteiger partial charge is 0.456 e. The average molecular weight is 379 g/mol. The van der Waals surface area contributed by atoms with Gasteiger partial charge in [-0.15, -0.1) is 0 Å². The molecule has 2 rings (SSSR count). The Hall–Kier alpha value is -3.66. The van der Waals surface area contributed by atoms with Gasteiger partial charge in [-0.2, -0.15) is 5.26 Å². The van der Waals surface area contributed by atoms with E-state index in [1.807, 2.05) is 30.3 Å². The summed E-state index contributed by atoms with van der Waals surface area (Å²) >= 11 is 0. The van der Waals surface area contributed by atoms with E-state index >= 15 is 0 Å². The van der Waals surface area contributed by atoms with Crippen LogP contribution < -0.4 is 10.6 Å². The maximum atomic E-state index is 12.5. The van der Waals surface area contributed by atoms with Crippen molar-refractivity contribution < 1.29 is 19.1 Å². The van der Waals surface area contributed by atoms with E-state index in [0.29, 0.717) is 5.56 Å². The molecule has 7 nitrogen and oxygen atoms in total. The molecular formula is C21H21N3O4. The number of nitrogens with zero attached hydrogens (tertiary/aromatic N) is 1. The zero-order chi connectivity index (χ0) is 20.2. The van der Waals surface area contributed by atoms with Gasteiger partial charge in [-0.3, -0.25) is 14.4 Å². The van der Waals surface area contributed by atoms with Crippen molar-refractivity contribution in [3.05, 3.63) is 71.8 Å². The van der Waals surface area contributed by atoms with Gasteiger partial charge in [0.25, 0.3) is 11.8 Å². The Morgan fingerprint density at radius 1 is 1.00 bits per heavy atom. The van der Waals surface area contributed by atoms with Crippen molar-refractivity contribution in [2.24, 2.45) is 0 Å². The number of hydrogen-bond donors (Lipinski definition) is 2. The van der Waals surface area contributed by atoms with E-state index in [1.165, 1.54) is 0 Å². The molecule has 1 atom stereocenters. The van der Waals surface area contributed by atoms with Crippen LogP contribution in [-0.4, -0.2) is 30.9 Å². The zero-order valence-corrected chi connectivity index (χ0v) is 15.3. The van der Waals surface area contributed by atoms with E-state index in [1.54, 1.807) is 36.4 Å². The van der Waals surface area contributed by atoms with Crippen LogP contribution >= 0.6 is 0 Å². The summed E-state index contributed by atoms with van der Waals surface area (Å²) in [5.74, 6) is -1.40. The summed E-state index contributed by atoms with van der Waals surface area (Å²) in [6.45, 7) is -0.231. The topological polar surface area (TPSA) is 108 Å². The molecule has 0 aliphatic carbocycles. The summed E-state index contributed by atoms with van der Waals surface area (Å²) in [4.78, 5) is 36.2. The van der Waals surface area contributed by atoms with Crippen molar-refractivity contribution in [2.75, 3.05) is 13.2 Å². The second-order valence-corrected chi connectivity index (χ2v) is 5.93. The van der Waals surface area contributed by atoms with Gasteiger partial charge in [0.15, 0.2) is 6.61 Å². The van der Waals surface area contributed by atoms with Crippen LogP contribution in [0.5, 0.6) is 0 Å². The van der Waals surface area contributed by atoms with Crippen LogP contribution in [0.15, 0.2) is 60.7 Å². The molecule has 0 aliphatic heterocycles. The highest BCUT2D eigenvalue weighted by molar-refractivity contribution is 5.94. The molecule has 0 aliphatic rings. The van der Waals surface area contributed by atoms with Gasteiger partial charge < -0.3 is 15.4 Å². The fourth-order valence-electron chi connectivity index (χ4n) is 2.45. The van der Waals surface area contributed by atoms with Gasteiger partial charge in [-0.25, -0.2) is 0 Å². The number of esters is 1. The molecule has 7 heteroatoms. The molecule has 28 heavy (non-hydrogen) atoms. The maximum Gasteiger partial charge on any atom is 0.308 e. The number of rotatable bonds is 9. The van der Waals surface area contributed by atoms with Crippen LogP contribution in [0, 0.1) is 11.3 Å². The van der Waals surface area contributed by atoms with E-state index in [9.17, 15) is 14.4 Å². The fraction of sp³-hybridized carbons (Fsp3) is 0.238. The van der Waals surface area contributed by atoms with Crippen LogP contribution in [0.1, 0.15) is 34.8 Å². The third kappa shape index (κ3) is 6.92. The maximum absolute atomic E-state index is 12.5. The summed E-state index contributed by atoms with van der Waals surface area (Å²) < 4.78 is 4.99. The Kier molecular flexibility index (Phi) is 8.21. The first-order valence-corrected chi connectivity index (χ1v) is 8.80. The quantitative estimate of drug-likeness (QED) is 0.512. The minimum Gasteiger partial charge on any atom is -0.456 e. The summed E-state index contributed by atoms with van der Waals surface area (Å²) in [6, 6.07) is 19.1. The summed E-state index contributed by atoms with van der Waals surface area (Å²) in [5, 5.41) is 13.7. The first-order chi connectivity index (χ1) is 13.6. The first-order valence-electron chi connectivity index (χ1n) is 8.80. The number of hydrogen-bond acceptors (Lipinski definition) is 5. The van der Waals surface area contributed by atoms with Gasteiger partial charge in [0.2, 0.25) is 0 Å². The monoisotopic (exact) mass is 379 g/mol. The van der Waals surface area contributed by atoms with Gasteiger partial charge in [0.1, 0.15) is 0 Å². The number of carbonyl (C=O) groups is 3. The molecule has 0 radical (unpaired) electrons. The Labute approximate surface area is 163 Å². The molecule has 2 amide bonds. The number of nitrogens with one attached hydrogen (secondary N) is 2. The second-order valence-electron chi connectivity index (χ2n) is 5.93. The van der Waals surface area contributed by atoms with E-state index in [0.717, 1.165) is 5.56 Å². The first kappa shape index (κ1) is 20.6. The SMILES string of the molecule is N#CCCNC(=O)COC(=O)C[C@@H](NC(=O)c1ccccc1)c1ccccc1. The summed E-state index contributed by atoms with van der Waals surface area (Å²) in [5.41, 5.74) is 1.23. The van der Waals surface area contributed by atoms with Crippen molar-refractivity contribution >= 4 is 17.8 Å². The van der Waals surface area contributed by atoms with Gasteiger partial charge >= 0.3 is 5.97 Å². The number of nitriles is 1. The lowest BCUT2D eigenvalue weighted by Gasteiger charge is -2.18. The molecule has 0 heterocycles. The molecule has 2 aromatic rings. The molecule has 0 aromatic heterocycles. The highest BCUT2D eigenvalue weighted by atomic mass is 16.5. The normalized spacial score (nSPS) is 11.0. The predicted octanol–water partition coefficient (Wildman–Crippen LogP) is 2.12. The van der Waals surface area contributed by atoms with Crippen LogP contribution in [0.4, 0.5) is 0 Å². The number of ether oxygens (including phenoxy) is 1. The van der Waals surface area contributed by atoms with E-state index in [-0.39, 0.29) is 25.3 Å². The highest BCUT2D eigenvalue weighted by Crippen LogP contribution is 2.18. The number of benzene rings is 2. The third-order valence-corrected chi connectivity index (χ3v) is 3.84. The van der Waals surface area contributed by atoms with Crippen molar-refractivity contribution in [2.45, 2.75) is 18.9 Å². The van der Waals surface area contributed by atoms with Crippen LogP contribution in [0.3, 0.4) is 0 Å². The van der Waals surface area contributed by atoms with Gasteiger partial charge in [0.05, 0.1) is 25.0 Å². The molecule has 0 fully saturated rings. The lowest BCUT2D eigenvalue weighted by Crippen LogP contribution is -2.32. The Bertz CT molecular complexity index is 832. The minimum atomic E-state index is -0.613. The molecule has 2 aromatic carbocycles. The minimum absolute atomic E-state index is 0.117. The molecule has 144 valence electrons. The third-order valence-electron chi connectivity index (χ3n) is 3.84. The zero-order valence-electron chi connectivity index (χ0n) is 15.3. The van der Waals surface area contributed by atoms with Gasteiger partial charge in [-0.1, -0.05) is 48.5 Å². The lowest BCUT2D eigenvalue weighted by atomic mass is 10.0. The Morgan fingerprint density at radius 2 is 1.64 bits per heavy atom. The van der Waals surface area contributed by atoms with Crippen LogP contribution in [-0.2, 0) is 14.3 Å². The fourth-order valence-corrected chi connectivity index (χ4v) is 2.45. The second kappa shape index (κ2) is 11.1. The van der Waals surface area contributed by atoms with E-state index < -0.39 is 24.5 Å². The van der Waals surface area contributed by atoms with Crippen LogP contribution in [0.2, 0.25) is 0 Å². The molecule has 0 bridgehead atoms. The average Bonchev–Trinajstić information content (AvgIpc) is 2.73. The molecule has 2 N–H and O–H groups in total. The molecule has 0 saturated heterocycles. The molecule has 0 saturated carbocycles. The van der Waals surface area contributed by atoms with Crippen molar-refractivity contribution in [1.82, 2.24) is 10.6 Å². The van der Waals surface area contributed by atoms with E-state index in [2.05, 4.69) is 10.6 Å². The van der Waals surface area contributed by atoms with E-state index in [4.69, 9.17) is 10.00 Å². The lowest BCUT2D eigenvalue weighted by molar-refractivity contribution is -0.149. The van der Waals surface area contributed by atoms with Crippen molar-refractivity contribution in [3.63, 3.8) is 0 Å². The number of carbonyl (C=O) groups excluding carboxylic acids is 3. The Morgan fingerprint density at radius 3 is 2.29 bits per heavy atom. The summed E-state index contributed by atoms with van der Waals surface area (Å²) in [6.07, 6.45) is 0.0648. The van der Waals surface area contributed by atoms with Crippen LogP contribution in [0.25, 0.3) is 0 Å². The Balaban J connectivity index is 1.96.